The first-order chi connectivity index (χ1) is 13.3. The molecule has 0 bridgehead atoms. The highest BCUT2D eigenvalue weighted by Gasteiger charge is 2.27. The molecular weight excluding hydrogens is 346 g/mol. The van der Waals surface area contributed by atoms with Gasteiger partial charge in [0.25, 0.3) is 0 Å². The normalized spacial score (nSPS) is 18.2. The van der Waals surface area contributed by atoms with Crippen molar-refractivity contribution in [2.45, 2.75) is 23.5 Å². The van der Waals surface area contributed by atoms with E-state index in [4.69, 9.17) is 0 Å². The van der Waals surface area contributed by atoms with E-state index in [-0.39, 0.29) is 0 Å². The van der Waals surface area contributed by atoms with Crippen molar-refractivity contribution in [1.29, 1.82) is 0 Å². The molecule has 0 aromatic heterocycles. The van der Waals surface area contributed by atoms with Crippen molar-refractivity contribution in [3.63, 3.8) is 0 Å². The predicted molar refractivity (Wildman–Crippen MR) is 121 cm³/mol. The molecule has 0 radical (unpaired) electrons. The van der Waals surface area contributed by atoms with Gasteiger partial charge in [0.1, 0.15) is 0 Å². The summed E-state index contributed by atoms with van der Waals surface area (Å²) in [5.74, 6) is 0. The molecule has 134 valence electrons. The molecule has 0 saturated heterocycles. The molecule has 27 heavy (non-hydrogen) atoms. The second-order valence-corrected chi connectivity index (χ2v) is 7.91. The van der Waals surface area contributed by atoms with Gasteiger partial charge < -0.3 is 5.32 Å². The Kier molecular flexibility index (Phi) is 5.17. The minimum absolute atomic E-state index is 0.584. The second kappa shape index (κ2) is 7.89. The molecule has 2 aromatic carbocycles. The van der Waals surface area contributed by atoms with E-state index in [9.17, 15) is 0 Å². The number of thioether (sulfide) groups is 1. The number of hydrogen-bond donors (Lipinski definition) is 1. The molecule has 1 unspecified atom stereocenters. The van der Waals surface area contributed by atoms with Crippen molar-refractivity contribution in [3.05, 3.63) is 103 Å². The maximum Gasteiger partial charge on any atom is 0.0391 e. The summed E-state index contributed by atoms with van der Waals surface area (Å²) < 4.78 is 0. The summed E-state index contributed by atoms with van der Waals surface area (Å²) in [7, 11) is 0. The largest absolute Gasteiger partial charge is 0.356 e. The first-order valence-corrected chi connectivity index (χ1v) is 10.2. The quantitative estimate of drug-likeness (QED) is 0.551. The van der Waals surface area contributed by atoms with Crippen LogP contribution in [0.1, 0.15) is 24.5 Å². The van der Waals surface area contributed by atoms with Gasteiger partial charge in [0.2, 0.25) is 0 Å². The third-order valence-corrected chi connectivity index (χ3v) is 6.16. The maximum atomic E-state index is 3.81. The van der Waals surface area contributed by atoms with Crippen LogP contribution in [0, 0.1) is 0 Å². The summed E-state index contributed by atoms with van der Waals surface area (Å²) in [5, 5.41) is 4.13. The van der Waals surface area contributed by atoms with E-state index in [0.29, 0.717) is 5.25 Å². The molecule has 1 nitrogen and oxygen atoms in total. The van der Waals surface area contributed by atoms with Crippen LogP contribution < -0.4 is 5.32 Å². The lowest BCUT2D eigenvalue weighted by molar-refractivity contribution is 1.09. The topological polar surface area (TPSA) is 12.0 Å². The van der Waals surface area contributed by atoms with Gasteiger partial charge in [-0.15, -0.1) is 11.8 Å². The van der Waals surface area contributed by atoms with Gasteiger partial charge in [-0.25, -0.2) is 0 Å². The molecule has 2 aromatic rings. The molecule has 4 rings (SSSR count). The van der Waals surface area contributed by atoms with Crippen LogP contribution >= 0.6 is 11.8 Å². The van der Waals surface area contributed by atoms with Crippen LogP contribution in [-0.4, -0.2) is 5.25 Å². The Morgan fingerprint density at radius 3 is 2.74 bits per heavy atom. The number of benzene rings is 2. The van der Waals surface area contributed by atoms with Crippen molar-refractivity contribution in [2.75, 3.05) is 5.32 Å². The molecular formula is C25H23NS. The molecule has 1 N–H and O–H groups in total. The smallest absolute Gasteiger partial charge is 0.0391 e. The summed E-state index contributed by atoms with van der Waals surface area (Å²) in [6.45, 7) is 5.83. The Labute approximate surface area is 165 Å². The standard InChI is InChI=1S/C25H23NS/c1-3-7-18(8-4-2)19-11-13-20(14-12-19)26-21-15-16-25-23(17-21)22-9-5-6-10-24(22)27-25/h3-9,11-17,24,26H,1,10H2,2H3/b8-4-,18-7+. The number of rotatable bonds is 5. The van der Waals surface area contributed by atoms with E-state index in [1.165, 1.54) is 21.6 Å². The molecule has 0 spiro atoms. The van der Waals surface area contributed by atoms with E-state index < -0.39 is 0 Å². The van der Waals surface area contributed by atoms with Gasteiger partial charge in [-0.05, 0) is 65.9 Å². The SMILES string of the molecule is C=C/C=C(\C=C/C)c1ccc(Nc2ccc3c(c2)C2=CC=CCC2S3)cc1. The first-order valence-electron chi connectivity index (χ1n) is 9.29. The summed E-state index contributed by atoms with van der Waals surface area (Å²) in [4.78, 5) is 1.39. The Morgan fingerprint density at radius 1 is 1.15 bits per heavy atom. The lowest BCUT2D eigenvalue weighted by Gasteiger charge is -2.12. The van der Waals surface area contributed by atoms with Gasteiger partial charge in [0.15, 0.2) is 0 Å². The van der Waals surface area contributed by atoms with Gasteiger partial charge in [0.05, 0.1) is 0 Å². The number of hydrogen-bond acceptors (Lipinski definition) is 2. The Bertz CT molecular complexity index is 974. The Hall–Kier alpha value is -2.71. The number of nitrogens with one attached hydrogen (secondary N) is 1. The molecule has 1 atom stereocenters. The van der Waals surface area contributed by atoms with Crippen molar-refractivity contribution >= 4 is 34.3 Å². The van der Waals surface area contributed by atoms with Crippen LogP contribution in [0.3, 0.4) is 0 Å². The van der Waals surface area contributed by atoms with Gasteiger partial charge in [-0.2, -0.15) is 0 Å². The average Bonchev–Trinajstić information content (AvgIpc) is 3.07. The van der Waals surface area contributed by atoms with E-state index in [1.54, 1.807) is 0 Å². The monoisotopic (exact) mass is 369 g/mol. The van der Waals surface area contributed by atoms with Gasteiger partial charge >= 0.3 is 0 Å². The molecule has 1 aliphatic heterocycles. The second-order valence-electron chi connectivity index (χ2n) is 6.66. The molecule has 2 aliphatic rings. The fraction of sp³-hybridized carbons (Fsp3) is 0.120. The van der Waals surface area contributed by atoms with Crippen molar-refractivity contribution in [2.24, 2.45) is 0 Å². The molecule has 1 aliphatic carbocycles. The third kappa shape index (κ3) is 3.72. The number of allylic oxidation sites excluding steroid dienone is 8. The lowest BCUT2D eigenvalue weighted by atomic mass is 9.97. The van der Waals surface area contributed by atoms with E-state index >= 15 is 0 Å². The highest BCUT2D eigenvalue weighted by molar-refractivity contribution is 8.00. The minimum atomic E-state index is 0.584. The van der Waals surface area contributed by atoms with Crippen LogP contribution in [0.4, 0.5) is 11.4 Å². The summed E-state index contributed by atoms with van der Waals surface area (Å²) in [5.41, 5.74) is 7.41. The maximum absolute atomic E-state index is 3.81. The first kappa shape index (κ1) is 17.7. The highest BCUT2D eigenvalue weighted by atomic mass is 32.2. The lowest BCUT2D eigenvalue weighted by Crippen LogP contribution is -2.00. The number of anilines is 2. The van der Waals surface area contributed by atoms with Crippen LogP contribution in [0.15, 0.2) is 96.5 Å². The summed E-state index contributed by atoms with van der Waals surface area (Å²) in [6.07, 6.45) is 15.8. The van der Waals surface area contributed by atoms with E-state index in [0.717, 1.165) is 23.4 Å². The van der Waals surface area contributed by atoms with E-state index in [2.05, 4.69) is 78.7 Å². The third-order valence-electron chi connectivity index (χ3n) is 4.82. The fourth-order valence-corrected chi connectivity index (χ4v) is 4.84. The van der Waals surface area contributed by atoms with Crippen molar-refractivity contribution < 1.29 is 0 Å². The summed E-state index contributed by atoms with van der Waals surface area (Å²) in [6, 6.07) is 15.2. The van der Waals surface area contributed by atoms with Crippen molar-refractivity contribution in [3.8, 4) is 0 Å². The average molecular weight is 370 g/mol. The van der Waals surface area contributed by atoms with Crippen LogP contribution in [-0.2, 0) is 0 Å². The van der Waals surface area contributed by atoms with Crippen LogP contribution in [0.25, 0.3) is 11.1 Å². The van der Waals surface area contributed by atoms with Crippen LogP contribution in [0.5, 0.6) is 0 Å². The van der Waals surface area contributed by atoms with Gasteiger partial charge in [0, 0.05) is 21.5 Å². The zero-order chi connectivity index (χ0) is 18.6. The molecule has 0 saturated carbocycles. The molecule has 2 heteroatoms. The van der Waals surface area contributed by atoms with Crippen LogP contribution in [0.2, 0.25) is 0 Å². The molecule has 0 amide bonds. The zero-order valence-corrected chi connectivity index (χ0v) is 16.3. The molecule has 0 fully saturated rings. The number of fused-ring (bicyclic) bond motifs is 3. The minimum Gasteiger partial charge on any atom is -0.356 e. The Morgan fingerprint density at radius 2 is 1.96 bits per heavy atom. The zero-order valence-electron chi connectivity index (χ0n) is 15.5. The van der Waals surface area contributed by atoms with E-state index in [1.807, 2.05) is 36.9 Å². The Balaban J connectivity index is 1.55. The van der Waals surface area contributed by atoms with Crippen molar-refractivity contribution in [1.82, 2.24) is 0 Å². The fourth-order valence-electron chi connectivity index (χ4n) is 3.54. The predicted octanol–water partition coefficient (Wildman–Crippen LogP) is 7.39. The highest BCUT2D eigenvalue weighted by Crippen LogP contribution is 2.48. The molecule has 1 heterocycles. The van der Waals surface area contributed by atoms with Gasteiger partial charge in [-0.3, -0.25) is 0 Å². The van der Waals surface area contributed by atoms with Gasteiger partial charge in [-0.1, -0.05) is 61.2 Å². The summed E-state index contributed by atoms with van der Waals surface area (Å²) >= 11 is 1.98.